The van der Waals surface area contributed by atoms with Crippen LogP contribution in [0.15, 0.2) is 21.9 Å². The lowest BCUT2D eigenvalue weighted by Crippen LogP contribution is -2.55. The predicted octanol–water partition coefficient (Wildman–Crippen LogP) is -1.98. The normalized spacial score (nSPS) is 26.6. The number of aliphatic hydroxyl groups is 1. The van der Waals surface area contributed by atoms with E-state index >= 15 is 0 Å². The second-order valence-electron chi connectivity index (χ2n) is 5.18. The second-order valence-corrected chi connectivity index (χ2v) is 5.18. The number of hydrogen-bond donors (Lipinski definition) is 3. The van der Waals surface area contributed by atoms with Gasteiger partial charge in [-0.05, 0) is 13.3 Å². The van der Waals surface area contributed by atoms with Gasteiger partial charge in [0, 0.05) is 25.4 Å². The van der Waals surface area contributed by atoms with Crippen molar-refractivity contribution in [1.82, 2.24) is 14.5 Å². The van der Waals surface area contributed by atoms with E-state index in [1.54, 1.807) is 6.92 Å². The van der Waals surface area contributed by atoms with Crippen LogP contribution in [0.4, 0.5) is 0 Å². The molecule has 0 radical (unpaired) electrons. The van der Waals surface area contributed by atoms with E-state index in [4.69, 9.17) is 5.73 Å². The van der Waals surface area contributed by atoms with Crippen LogP contribution in [0.5, 0.6) is 0 Å². The first-order valence-corrected chi connectivity index (χ1v) is 6.37. The number of nitrogens with two attached hydrogens (primary N) is 1. The molecule has 2 atom stereocenters. The standard InChI is InChI=1S/C12H18N4O4/c1-12(20)3-5-15(10(18)6-13)7-8(12)16-4-2-9(17)14-11(16)19/h2,4,8,20H,3,5-7,13H2,1H3,(H,14,17,19)/t8-,12-/m1/s1. The zero-order valence-corrected chi connectivity index (χ0v) is 11.2. The third-order valence-electron chi connectivity index (χ3n) is 3.71. The summed E-state index contributed by atoms with van der Waals surface area (Å²) >= 11 is 0. The molecule has 0 unspecified atom stereocenters. The Balaban J connectivity index is 2.37. The highest BCUT2D eigenvalue weighted by Gasteiger charge is 2.40. The van der Waals surface area contributed by atoms with Gasteiger partial charge in [0.05, 0.1) is 18.2 Å². The number of likely N-dealkylation sites (tertiary alicyclic amines) is 1. The number of H-pyrrole nitrogens is 1. The van der Waals surface area contributed by atoms with Crippen LogP contribution in [0.1, 0.15) is 19.4 Å². The first-order chi connectivity index (χ1) is 9.35. The van der Waals surface area contributed by atoms with E-state index in [9.17, 15) is 19.5 Å². The number of rotatable bonds is 2. The summed E-state index contributed by atoms with van der Waals surface area (Å²) in [5.74, 6) is -0.233. The molecule has 2 rings (SSSR count). The molecule has 1 fully saturated rings. The molecule has 0 bridgehead atoms. The van der Waals surface area contributed by atoms with E-state index < -0.39 is 22.9 Å². The number of carbonyl (C=O) groups is 1. The van der Waals surface area contributed by atoms with Gasteiger partial charge in [0.2, 0.25) is 5.91 Å². The molecule has 110 valence electrons. The molecule has 1 saturated heterocycles. The zero-order valence-electron chi connectivity index (χ0n) is 11.2. The fraction of sp³-hybridized carbons (Fsp3) is 0.583. The van der Waals surface area contributed by atoms with Crippen molar-refractivity contribution in [3.8, 4) is 0 Å². The monoisotopic (exact) mass is 282 g/mol. The van der Waals surface area contributed by atoms with Crippen LogP contribution in [0, 0.1) is 0 Å². The van der Waals surface area contributed by atoms with Gasteiger partial charge in [0.1, 0.15) is 0 Å². The summed E-state index contributed by atoms with van der Waals surface area (Å²) in [6, 6.07) is 0.581. The number of aromatic amines is 1. The average Bonchev–Trinajstić information content (AvgIpc) is 2.38. The SMILES string of the molecule is C[C@@]1(O)CCN(C(=O)CN)C[C@H]1n1ccc(=O)[nH]c1=O. The molecule has 1 aromatic heterocycles. The molecule has 8 heteroatoms. The maximum absolute atomic E-state index is 11.8. The summed E-state index contributed by atoms with van der Waals surface area (Å²) < 4.78 is 1.25. The van der Waals surface area contributed by atoms with Gasteiger partial charge in [-0.2, -0.15) is 0 Å². The molecule has 20 heavy (non-hydrogen) atoms. The van der Waals surface area contributed by atoms with E-state index in [-0.39, 0.29) is 19.0 Å². The van der Waals surface area contributed by atoms with Crippen molar-refractivity contribution in [1.29, 1.82) is 0 Å². The Labute approximate surface area is 114 Å². The van der Waals surface area contributed by atoms with Crippen molar-refractivity contribution in [2.24, 2.45) is 5.73 Å². The van der Waals surface area contributed by atoms with Crippen molar-refractivity contribution in [2.75, 3.05) is 19.6 Å². The van der Waals surface area contributed by atoms with Gasteiger partial charge < -0.3 is 15.7 Å². The van der Waals surface area contributed by atoms with Crippen molar-refractivity contribution in [3.05, 3.63) is 33.1 Å². The fourth-order valence-electron chi connectivity index (χ4n) is 2.44. The number of piperidine rings is 1. The number of amides is 1. The quantitative estimate of drug-likeness (QED) is 0.580. The summed E-state index contributed by atoms with van der Waals surface area (Å²) in [6.07, 6.45) is 1.66. The molecule has 1 aromatic rings. The summed E-state index contributed by atoms with van der Waals surface area (Å²) in [6.45, 7) is 2.06. The third-order valence-corrected chi connectivity index (χ3v) is 3.71. The molecule has 1 aliphatic heterocycles. The number of aromatic nitrogens is 2. The van der Waals surface area contributed by atoms with Crippen molar-refractivity contribution < 1.29 is 9.90 Å². The lowest BCUT2D eigenvalue weighted by Gasteiger charge is -2.43. The van der Waals surface area contributed by atoms with Gasteiger partial charge in [-0.25, -0.2) is 4.79 Å². The molecule has 0 aromatic carbocycles. The maximum atomic E-state index is 11.8. The molecule has 0 spiro atoms. The Bertz CT molecular complexity index is 618. The highest BCUT2D eigenvalue weighted by Crippen LogP contribution is 2.30. The van der Waals surface area contributed by atoms with Crippen LogP contribution in [-0.4, -0.2) is 50.7 Å². The molecule has 2 heterocycles. The molecule has 1 aliphatic rings. The minimum Gasteiger partial charge on any atom is -0.388 e. The minimum absolute atomic E-state index is 0.116. The molecule has 1 amide bonds. The van der Waals surface area contributed by atoms with Crippen LogP contribution >= 0.6 is 0 Å². The largest absolute Gasteiger partial charge is 0.388 e. The Morgan fingerprint density at radius 3 is 2.90 bits per heavy atom. The first-order valence-electron chi connectivity index (χ1n) is 6.37. The Morgan fingerprint density at radius 1 is 1.60 bits per heavy atom. The van der Waals surface area contributed by atoms with Gasteiger partial charge in [-0.15, -0.1) is 0 Å². The Morgan fingerprint density at radius 2 is 2.30 bits per heavy atom. The Kier molecular flexibility index (Phi) is 3.78. The molecule has 8 nitrogen and oxygen atoms in total. The van der Waals surface area contributed by atoms with E-state index in [1.807, 2.05) is 0 Å². The van der Waals surface area contributed by atoms with Crippen LogP contribution < -0.4 is 17.0 Å². The number of carbonyl (C=O) groups excluding carboxylic acids is 1. The lowest BCUT2D eigenvalue weighted by molar-refractivity contribution is -0.136. The highest BCUT2D eigenvalue weighted by molar-refractivity contribution is 5.78. The average molecular weight is 282 g/mol. The third kappa shape index (κ3) is 2.66. The smallest absolute Gasteiger partial charge is 0.328 e. The number of hydrogen-bond acceptors (Lipinski definition) is 5. The summed E-state index contributed by atoms with van der Waals surface area (Å²) in [7, 11) is 0. The highest BCUT2D eigenvalue weighted by atomic mass is 16.3. The zero-order chi connectivity index (χ0) is 14.9. The first kappa shape index (κ1) is 14.5. The van der Waals surface area contributed by atoms with Crippen LogP contribution in [0.2, 0.25) is 0 Å². The van der Waals surface area contributed by atoms with Gasteiger partial charge in [-0.3, -0.25) is 19.1 Å². The van der Waals surface area contributed by atoms with E-state index in [0.29, 0.717) is 13.0 Å². The molecular weight excluding hydrogens is 264 g/mol. The molecule has 0 saturated carbocycles. The number of nitrogens with zero attached hydrogens (tertiary/aromatic N) is 2. The minimum atomic E-state index is -1.15. The van der Waals surface area contributed by atoms with Crippen molar-refractivity contribution in [2.45, 2.75) is 25.0 Å². The van der Waals surface area contributed by atoms with Crippen molar-refractivity contribution >= 4 is 5.91 Å². The van der Waals surface area contributed by atoms with E-state index in [0.717, 1.165) is 0 Å². The van der Waals surface area contributed by atoms with Gasteiger partial charge in [-0.1, -0.05) is 0 Å². The van der Waals surface area contributed by atoms with Crippen LogP contribution in [-0.2, 0) is 4.79 Å². The summed E-state index contributed by atoms with van der Waals surface area (Å²) in [4.78, 5) is 38.3. The van der Waals surface area contributed by atoms with Crippen LogP contribution in [0.3, 0.4) is 0 Å². The van der Waals surface area contributed by atoms with Gasteiger partial charge in [0.15, 0.2) is 0 Å². The van der Waals surface area contributed by atoms with Gasteiger partial charge >= 0.3 is 5.69 Å². The lowest BCUT2D eigenvalue weighted by atomic mass is 9.88. The predicted molar refractivity (Wildman–Crippen MR) is 71.2 cm³/mol. The summed E-state index contributed by atoms with van der Waals surface area (Å²) in [5.41, 5.74) is 3.08. The number of nitrogens with one attached hydrogen (secondary N) is 1. The van der Waals surface area contributed by atoms with E-state index in [2.05, 4.69) is 4.98 Å². The summed E-state index contributed by atoms with van der Waals surface area (Å²) in [5, 5.41) is 10.4. The Hall–Kier alpha value is -1.93. The van der Waals surface area contributed by atoms with Gasteiger partial charge in [0.25, 0.3) is 5.56 Å². The molecule has 0 aliphatic carbocycles. The maximum Gasteiger partial charge on any atom is 0.328 e. The topological polar surface area (TPSA) is 121 Å². The fourth-order valence-corrected chi connectivity index (χ4v) is 2.44. The van der Waals surface area contributed by atoms with Crippen molar-refractivity contribution in [3.63, 3.8) is 0 Å². The van der Waals surface area contributed by atoms with E-state index in [1.165, 1.54) is 21.7 Å². The molecule has 4 N–H and O–H groups in total. The van der Waals surface area contributed by atoms with Crippen LogP contribution in [0.25, 0.3) is 0 Å². The second kappa shape index (κ2) is 5.22. The molecular formula is C12H18N4O4.